The summed E-state index contributed by atoms with van der Waals surface area (Å²) in [5, 5.41) is 19.0. The summed E-state index contributed by atoms with van der Waals surface area (Å²) in [5.41, 5.74) is 0. The summed E-state index contributed by atoms with van der Waals surface area (Å²) >= 11 is 0. The number of amides is 1. The van der Waals surface area contributed by atoms with Crippen LogP contribution in [0.4, 0.5) is 0 Å². The van der Waals surface area contributed by atoms with Crippen LogP contribution in [-0.4, -0.2) is 48.8 Å². The second-order valence-electron chi connectivity index (χ2n) is 7.00. The molecule has 2 aliphatic carbocycles. The molecule has 0 radical (unpaired) electrons. The van der Waals surface area contributed by atoms with Crippen molar-refractivity contribution < 1.29 is 9.90 Å². The van der Waals surface area contributed by atoms with Gasteiger partial charge in [-0.1, -0.05) is 13.3 Å². The summed E-state index contributed by atoms with van der Waals surface area (Å²) in [7, 11) is 0. The average Bonchev–Trinajstić information content (AvgIpc) is 3.36. The lowest BCUT2D eigenvalue weighted by atomic mass is 9.85. The zero-order valence-electron chi connectivity index (χ0n) is 14.5. The third-order valence-corrected chi connectivity index (χ3v) is 4.53. The monoisotopic (exact) mass is 324 g/mol. The standard InChI is InChI=1S/C17H32N4O2/c1-3-18-17(19-10-12(2)11-22)21-15-6-4-5-13(9-15)16(23)20-14-7-8-14/h12-15,22H,3-11H2,1-2H3,(H,20,23)(H2,18,19,21). The first kappa shape index (κ1) is 18.0. The molecule has 4 N–H and O–H groups in total. The number of aliphatic hydroxyl groups excluding tert-OH is 1. The quantitative estimate of drug-likeness (QED) is 0.416. The van der Waals surface area contributed by atoms with Crippen LogP contribution >= 0.6 is 0 Å². The highest BCUT2D eigenvalue weighted by Gasteiger charge is 2.31. The summed E-state index contributed by atoms with van der Waals surface area (Å²) in [5.74, 6) is 1.31. The van der Waals surface area contributed by atoms with Crippen LogP contribution in [-0.2, 0) is 4.79 Å². The van der Waals surface area contributed by atoms with E-state index in [1.165, 1.54) is 0 Å². The van der Waals surface area contributed by atoms with E-state index in [2.05, 4.69) is 20.9 Å². The third-order valence-electron chi connectivity index (χ3n) is 4.53. The van der Waals surface area contributed by atoms with Gasteiger partial charge >= 0.3 is 0 Å². The van der Waals surface area contributed by atoms with Gasteiger partial charge in [0.05, 0.1) is 0 Å². The summed E-state index contributed by atoms with van der Waals surface area (Å²) in [6, 6.07) is 0.732. The Balaban J connectivity index is 1.84. The van der Waals surface area contributed by atoms with E-state index in [4.69, 9.17) is 5.11 Å². The van der Waals surface area contributed by atoms with Gasteiger partial charge in [0.2, 0.25) is 5.91 Å². The van der Waals surface area contributed by atoms with Crippen molar-refractivity contribution in [1.29, 1.82) is 0 Å². The Labute approximate surface area is 139 Å². The number of hydrogen-bond acceptors (Lipinski definition) is 3. The van der Waals surface area contributed by atoms with E-state index in [-0.39, 0.29) is 24.3 Å². The maximum atomic E-state index is 12.2. The van der Waals surface area contributed by atoms with Crippen LogP contribution in [0.25, 0.3) is 0 Å². The Kier molecular flexibility index (Phi) is 7.15. The predicted octanol–water partition coefficient (Wildman–Crippen LogP) is 1.01. The molecule has 3 atom stereocenters. The summed E-state index contributed by atoms with van der Waals surface area (Å²) in [4.78, 5) is 16.8. The molecular formula is C17H32N4O2. The fourth-order valence-corrected chi connectivity index (χ4v) is 2.92. The lowest BCUT2D eigenvalue weighted by Crippen LogP contribution is -2.47. The molecule has 0 aromatic rings. The molecule has 6 nitrogen and oxygen atoms in total. The Morgan fingerprint density at radius 1 is 1.22 bits per heavy atom. The first-order valence-corrected chi connectivity index (χ1v) is 9.08. The van der Waals surface area contributed by atoms with E-state index in [1.54, 1.807) is 0 Å². The number of nitrogens with zero attached hydrogens (tertiary/aromatic N) is 1. The minimum atomic E-state index is 0.126. The van der Waals surface area contributed by atoms with Gasteiger partial charge in [-0.3, -0.25) is 9.79 Å². The lowest BCUT2D eigenvalue weighted by Gasteiger charge is -2.30. The molecule has 3 unspecified atom stereocenters. The summed E-state index contributed by atoms with van der Waals surface area (Å²) in [6.45, 7) is 5.57. The van der Waals surface area contributed by atoms with E-state index in [1.807, 2.05) is 13.8 Å². The molecule has 23 heavy (non-hydrogen) atoms. The van der Waals surface area contributed by atoms with Crippen molar-refractivity contribution in [2.45, 2.75) is 64.5 Å². The minimum Gasteiger partial charge on any atom is -0.396 e. The van der Waals surface area contributed by atoms with Crippen LogP contribution in [0.1, 0.15) is 52.4 Å². The smallest absolute Gasteiger partial charge is 0.223 e. The van der Waals surface area contributed by atoms with Crippen LogP contribution < -0.4 is 16.0 Å². The van der Waals surface area contributed by atoms with Crippen molar-refractivity contribution in [3.63, 3.8) is 0 Å². The highest BCUT2D eigenvalue weighted by molar-refractivity contribution is 5.81. The molecule has 2 saturated carbocycles. The van der Waals surface area contributed by atoms with E-state index in [0.29, 0.717) is 18.6 Å². The molecule has 2 aliphatic rings. The molecule has 6 heteroatoms. The van der Waals surface area contributed by atoms with Crippen LogP contribution in [0.15, 0.2) is 4.99 Å². The van der Waals surface area contributed by atoms with Gasteiger partial charge in [0.1, 0.15) is 0 Å². The van der Waals surface area contributed by atoms with Gasteiger partial charge < -0.3 is 21.1 Å². The number of nitrogens with one attached hydrogen (secondary N) is 3. The van der Waals surface area contributed by atoms with Crippen molar-refractivity contribution in [3.05, 3.63) is 0 Å². The van der Waals surface area contributed by atoms with Crippen molar-refractivity contribution in [2.24, 2.45) is 16.8 Å². The number of hydrogen-bond donors (Lipinski definition) is 4. The maximum Gasteiger partial charge on any atom is 0.223 e. The Bertz CT molecular complexity index is 409. The molecule has 1 amide bonds. The minimum absolute atomic E-state index is 0.126. The molecule has 132 valence electrons. The Morgan fingerprint density at radius 3 is 2.65 bits per heavy atom. The van der Waals surface area contributed by atoms with Gasteiger partial charge in [0, 0.05) is 37.7 Å². The van der Waals surface area contributed by atoms with Crippen molar-refractivity contribution >= 4 is 11.9 Å². The second-order valence-corrected chi connectivity index (χ2v) is 7.00. The van der Waals surface area contributed by atoms with Crippen LogP contribution in [0.5, 0.6) is 0 Å². The average molecular weight is 324 g/mol. The van der Waals surface area contributed by atoms with Crippen LogP contribution in [0.2, 0.25) is 0 Å². The summed E-state index contributed by atoms with van der Waals surface area (Å²) in [6.07, 6.45) is 6.30. The molecule has 0 aromatic carbocycles. The van der Waals surface area contributed by atoms with Crippen LogP contribution in [0.3, 0.4) is 0 Å². The first-order valence-electron chi connectivity index (χ1n) is 9.08. The van der Waals surface area contributed by atoms with Crippen molar-refractivity contribution in [2.75, 3.05) is 19.7 Å². The van der Waals surface area contributed by atoms with Gasteiger partial charge in [-0.15, -0.1) is 0 Å². The lowest BCUT2D eigenvalue weighted by molar-refractivity contribution is -0.126. The van der Waals surface area contributed by atoms with E-state index < -0.39 is 0 Å². The molecule has 2 rings (SSSR count). The van der Waals surface area contributed by atoms with Crippen LogP contribution in [0, 0.1) is 11.8 Å². The van der Waals surface area contributed by atoms with E-state index >= 15 is 0 Å². The molecule has 2 fully saturated rings. The number of guanidine groups is 1. The van der Waals surface area contributed by atoms with E-state index in [0.717, 1.165) is 51.0 Å². The SMILES string of the molecule is CCNC(=NCC(C)CO)NC1CCCC(C(=O)NC2CC2)C1. The maximum absolute atomic E-state index is 12.2. The van der Waals surface area contributed by atoms with Gasteiger partial charge in [-0.2, -0.15) is 0 Å². The number of carbonyl (C=O) groups excluding carboxylic acids is 1. The molecule has 0 saturated heterocycles. The second kappa shape index (κ2) is 9.11. The summed E-state index contributed by atoms with van der Waals surface area (Å²) < 4.78 is 0. The molecule has 0 aromatic heterocycles. The number of carbonyl (C=O) groups is 1. The molecule has 0 heterocycles. The normalized spacial score (nSPS) is 26.5. The third kappa shape index (κ3) is 6.37. The highest BCUT2D eigenvalue weighted by atomic mass is 16.3. The fourth-order valence-electron chi connectivity index (χ4n) is 2.92. The Hall–Kier alpha value is -1.30. The number of aliphatic hydroxyl groups is 1. The highest BCUT2D eigenvalue weighted by Crippen LogP contribution is 2.26. The van der Waals surface area contributed by atoms with Gasteiger partial charge in [0.15, 0.2) is 5.96 Å². The van der Waals surface area contributed by atoms with Crippen molar-refractivity contribution in [1.82, 2.24) is 16.0 Å². The largest absolute Gasteiger partial charge is 0.396 e. The fraction of sp³-hybridized carbons (Fsp3) is 0.882. The topological polar surface area (TPSA) is 85.8 Å². The molecule has 0 aliphatic heterocycles. The Morgan fingerprint density at radius 2 is 2.00 bits per heavy atom. The van der Waals surface area contributed by atoms with E-state index in [9.17, 15) is 4.79 Å². The first-order chi connectivity index (χ1) is 11.1. The number of aliphatic imine (C=N–C) groups is 1. The van der Waals surface area contributed by atoms with Gasteiger partial charge in [-0.05, 0) is 44.9 Å². The predicted molar refractivity (Wildman–Crippen MR) is 92.3 cm³/mol. The van der Waals surface area contributed by atoms with Crippen molar-refractivity contribution in [3.8, 4) is 0 Å². The molecular weight excluding hydrogens is 292 g/mol. The van der Waals surface area contributed by atoms with Gasteiger partial charge in [-0.25, -0.2) is 0 Å². The molecule has 0 bridgehead atoms. The molecule has 0 spiro atoms. The van der Waals surface area contributed by atoms with Gasteiger partial charge in [0.25, 0.3) is 0 Å². The number of rotatable bonds is 7. The zero-order valence-corrected chi connectivity index (χ0v) is 14.5. The zero-order chi connectivity index (χ0) is 16.7.